The van der Waals surface area contributed by atoms with Crippen LogP contribution in [-0.4, -0.2) is 9.88 Å². The predicted molar refractivity (Wildman–Crippen MR) is 75.3 cm³/mol. The third-order valence-electron chi connectivity index (χ3n) is 2.92. The van der Waals surface area contributed by atoms with Gasteiger partial charge in [0, 0.05) is 16.3 Å². The van der Waals surface area contributed by atoms with Gasteiger partial charge in [-0.05, 0) is 12.1 Å². The number of halogens is 1. The van der Waals surface area contributed by atoms with E-state index in [0.29, 0.717) is 5.52 Å². The zero-order chi connectivity index (χ0) is 12.8. The highest BCUT2D eigenvalue weighted by Crippen LogP contribution is 2.45. The van der Waals surface area contributed by atoms with Gasteiger partial charge in [0.05, 0.1) is 10.8 Å². The summed E-state index contributed by atoms with van der Waals surface area (Å²) in [6.07, 6.45) is 0. The Balaban J connectivity index is 2.45. The van der Waals surface area contributed by atoms with E-state index in [1.54, 1.807) is 12.1 Å². The molecule has 0 aliphatic rings. The molecule has 18 heavy (non-hydrogen) atoms. The maximum Gasteiger partial charge on any atom is 0.371 e. The molecule has 1 unspecified atom stereocenters. The number of nitrogens with one attached hydrogen (secondary N) is 1. The minimum Gasteiger partial charge on any atom is -0.354 e. The number of para-hydroxylation sites is 2. The summed E-state index contributed by atoms with van der Waals surface area (Å²) in [4.78, 5) is 12.9. The molecule has 0 bridgehead atoms. The first-order chi connectivity index (χ1) is 8.63. The van der Waals surface area contributed by atoms with Gasteiger partial charge in [0.2, 0.25) is 0 Å². The highest BCUT2D eigenvalue weighted by molar-refractivity contribution is 9.06. The summed E-state index contributed by atoms with van der Waals surface area (Å²) >= 11 is 2.61. The molecule has 0 spiro atoms. The Hall–Kier alpha value is -1.13. The molecule has 1 heterocycles. The third kappa shape index (κ3) is 1.71. The van der Waals surface area contributed by atoms with E-state index in [9.17, 15) is 9.46 Å². The highest BCUT2D eigenvalue weighted by Gasteiger charge is 2.25. The molecule has 0 amide bonds. The average molecular weight is 326 g/mol. The number of fused-ring (bicyclic) bond motifs is 3. The molecule has 0 fully saturated rings. The predicted octanol–water partition coefficient (Wildman–Crippen LogP) is 3.46. The van der Waals surface area contributed by atoms with E-state index in [-0.39, 0.29) is 5.30 Å². The fraction of sp³-hybridized carbons (Fsp3) is 0. The number of H-pyrrole nitrogens is 1. The van der Waals surface area contributed by atoms with Crippen LogP contribution in [0, 0.1) is 0 Å². The summed E-state index contributed by atoms with van der Waals surface area (Å²) in [5.74, 6) is 0. The van der Waals surface area contributed by atoms with Crippen molar-refractivity contribution in [2.24, 2.45) is 0 Å². The number of hydrogen-bond acceptors (Lipinski definition) is 2. The molecule has 2 N–H and O–H groups in total. The van der Waals surface area contributed by atoms with Crippen molar-refractivity contribution in [1.82, 2.24) is 4.98 Å². The van der Waals surface area contributed by atoms with Crippen LogP contribution in [0.4, 0.5) is 0 Å². The summed E-state index contributed by atoms with van der Waals surface area (Å²) < 4.78 is 16.5. The summed E-state index contributed by atoms with van der Waals surface area (Å²) in [6, 6.07) is 13.0. The molecule has 3 rings (SSSR count). The molecule has 3 aromatic rings. The van der Waals surface area contributed by atoms with Crippen molar-refractivity contribution in [1.29, 1.82) is 0 Å². The lowest BCUT2D eigenvalue weighted by Crippen LogP contribution is -2.05. The first-order valence-electron chi connectivity index (χ1n) is 5.26. The number of aromatic nitrogens is 1. The monoisotopic (exact) mass is 325 g/mol. The first kappa shape index (κ1) is 11.9. The van der Waals surface area contributed by atoms with E-state index < -0.39 is 7.60 Å². The van der Waals surface area contributed by atoms with Crippen LogP contribution in [0.3, 0.4) is 0 Å². The Kier molecular flexibility index (Phi) is 2.79. The largest absolute Gasteiger partial charge is 0.371 e. The van der Waals surface area contributed by atoms with Crippen molar-refractivity contribution in [3.05, 3.63) is 42.5 Å². The second-order valence-electron chi connectivity index (χ2n) is 3.96. The fourth-order valence-electron chi connectivity index (χ4n) is 2.13. The SMILES string of the molecule is O=P(O)(OBr)c1cccc2c1[nH]c1ccccc12. The molecule has 0 saturated heterocycles. The lowest BCUT2D eigenvalue weighted by atomic mass is 10.1. The van der Waals surface area contributed by atoms with Crippen molar-refractivity contribution in [3.63, 3.8) is 0 Å². The zero-order valence-corrected chi connectivity index (χ0v) is 11.6. The summed E-state index contributed by atoms with van der Waals surface area (Å²) in [7, 11) is -3.84. The topological polar surface area (TPSA) is 62.3 Å². The number of benzene rings is 2. The van der Waals surface area contributed by atoms with Crippen molar-refractivity contribution in [3.8, 4) is 0 Å². The molecule has 92 valence electrons. The van der Waals surface area contributed by atoms with Gasteiger partial charge in [-0.3, -0.25) is 4.57 Å². The maximum absolute atomic E-state index is 11.9. The lowest BCUT2D eigenvalue weighted by molar-refractivity contribution is 0.422. The molecule has 2 aromatic carbocycles. The van der Waals surface area contributed by atoms with Crippen molar-refractivity contribution >= 4 is 51.0 Å². The van der Waals surface area contributed by atoms with Gasteiger partial charge in [0.1, 0.15) is 16.3 Å². The van der Waals surface area contributed by atoms with E-state index >= 15 is 0 Å². The van der Waals surface area contributed by atoms with Crippen LogP contribution in [0.25, 0.3) is 21.8 Å². The summed E-state index contributed by atoms with van der Waals surface area (Å²) in [6.45, 7) is 0. The van der Waals surface area contributed by atoms with Gasteiger partial charge in [-0.1, -0.05) is 30.3 Å². The van der Waals surface area contributed by atoms with Gasteiger partial charge in [0.25, 0.3) is 0 Å². The molecule has 1 aromatic heterocycles. The van der Waals surface area contributed by atoms with Gasteiger partial charge in [-0.25, -0.2) is 3.62 Å². The molecular formula is C12H9BrNO3P. The molecule has 6 heteroatoms. The third-order valence-corrected chi connectivity index (χ3v) is 5.26. The van der Waals surface area contributed by atoms with E-state index in [1.807, 2.05) is 30.3 Å². The zero-order valence-electron chi connectivity index (χ0n) is 9.13. The van der Waals surface area contributed by atoms with E-state index in [1.165, 1.54) is 0 Å². The smallest absolute Gasteiger partial charge is 0.354 e. The first-order valence-corrected chi connectivity index (χ1v) is 7.49. The van der Waals surface area contributed by atoms with Gasteiger partial charge in [0.15, 0.2) is 0 Å². The standard InChI is InChI=1S/C12H9BrNO3P/c13-17-18(15,16)11-7-3-5-9-8-4-1-2-6-10(8)14-12(9)11/h1-7,14H,(H,15,16). The molecule has 1 atom stereocenters. The Bertz CT molecular complexity index is 783. The Morgan fingerprint density at radius 1 is 1.11 bits per heavy atom. The highest BCUT2D eigenvalue weighted by atomic mass is 79.9. The van der Waals surface area contributed by atoms with Crippen molar-refractivity contribution < 1.29 is 13.1 Å². The number of aromatic amines is 1. The second kappa shape index (κ2) is 4.21. The molecule has 0 radical (unpaired) electrons. The minimum atomic E-state index is -3.84. The molecule has 4 nitrogen and oxygen atoms in total. The van der Waals surface area contributed by atoms with Gasteiger partial charge in [-0.15, -0.1) is 0 Å². The average Bonchev–Trinajstić information content (AvgIpc) is 2.77. The van der Waals surface area contributed by atoms with E-state index in [4.69, 9.17) is 0 Å². The fourth-order valence-corrected chi connectivity index (χ4v) is 3.41. The van der Waals surface area contributed by atoms with Gasteiger partial charge < -0.3 is 9.88 Å². The molecule has 0 aliphatic carbocycles. The van der Waals surface area contributed by atoms with E-state index in [0.717, 1.165) is 16.3 Å². The van der Waals surface area contributed by atoms with Crippen LogP contribution in [0.5, 0.6) is 0 Å². The maximum atomic E-state index is 11.9. The number of hydrogen-bond donors (Lipinski definition) is 2. The van der Waals surface area contributed by atoms with Crippen LogP contribution in [0.2, 0.25) is 0 Å². The van der Waals surface area contributed by atoms with Crippen LogP contribution < -0.4 is 5.30 Å². The van der Waals surface area contributed by atoms with Crippen LogP contribution in [0.1, 0.15) is 0 Å². The van der Waals surface area contributed by atoms with Crippen LogP contribution >= 0.6 is 23.9 Å². The van der Waals surface area contributed by atoms with Gasteiger partial charge >= 0.3 is 7.60 Å². The van der Waals surface area contributed by atoms with E-state index in [2.05, 4.69) is 24.9 Å². The second-order valence-corrected chi connectivity index (χ2v) is 6.49. The Morgan fingerprint density at radius 3 is 2.61 bits per heavy atom. The normalized spacial score (nSPS) is 15.0. The van der Waals surface area contributed by atoms with Crippen molar-refractivity contribution in [2.75, 3.05) is 0 Å². The molecular weight excluding hydrogens is 317 g/mol. The van der Waals surface area contributed by atoms with Crippen LogP contribution in [0.15, 0.2) is 42.5 Å². The number of rotatable bonds is 2. The van der Waals surface area contributed by atoms with Gasteiger partial charge in [-0.2, -0.15) is 0 Å². The van der Waals surface area contributed by atoms with Crippen molar-refractivity contribution in [2.45, 2.75) is 0 Å². The summed E-state index contributed by atoms with van der Waals surface area (Å²) in [5, 5.41) is 2.18. The Morgan fingerprint density at radius 2 is 1.83 bits per heavy atom. The minimum absolute atomic E-state index is 0.257. The lowest BCUT2D eigenvalue weighted by Gasteiger charge is -2.07. The Labute approximate surface area is 112 Å². The summed E-state index contributed by atoms with van der Waals surface area (Å²) in [5.41, 5.74) is 1.55. The van der Waals surface area contributed by atoms with Crippen LogP contribution in [-0.2, 0) is 8.18 Å². The molecule has 0 saturated carbocycles. The quantitative estimate of drug-likeness (QED) is 0.709. The molecule has 0 aliphatic heterocycles.